The summed E-state index contributed by atoms with van der Waals surface area (Å²) in [4.78, 5) is 32.8. The number of nitrogens with one attached hydrogen (secondary N) is 2. The highest BCUT2D eigenvalue weighted by Crippen LogP contribution is 2.03. The Kier molecular flexibility index (Phi) is 5.07. The number of carboxylic acid groups (broad SMARTS) is 2. The minimum absolute atomic E-state index is 0.172. The molecule has 1 atom stereocenters. The lowest BCUT2D eigenvalue weighted by atomic mass is 10.2. The summed E-state index contributed by atoms with van der Waals surface area (Å²) >= 11 is 0. The zero-order chi connectivity index (χ0) is 15.3. The Hall–Kier alpha value is -2.58. The quantitative estimate of drug-likeness (QED) is 0.554. The van der Waals surface area contributed by atoms with Crippen LogP contribution in [0.25, 0.3) is 0 Å². The first-order valence-electron chi connectivity index (χ1n) is 5.77. The van der Waals surface area contributed by atoms with Gasteiger partial charge in [-0.25, -0.2) is 9.59 Å². The van der Waals surface area contributed by atoms with Gasteiger partial charge in [0.15, 0.2) is 0 Å². The lowest BCUT2D eigenvalue weighted by Crippen LogP contribution is -2.46. The largest absolute Gasteiger partial charge is 0.481 e. The molecule has 20 heavy (non-hydrogen) atoms. The highest BCUT2D eigenvalue weighted by molar-refractivity contribution is 5.86. The van der Waals surface area contributed by atoms with Crippen LogP contribution in [0.1, 0.15) is 17.7 Å². The van der Waals surface area contributed by atoms with Crippen molar-refractivity contribution in [3.05, 3.63) is 17.5 Å². The molecule has 0 aromatic carbocycles. The van der Waals surface area contributed by atoms with Gasteiger partial charge in [-0.05, 0) is 6.92 Å². The van der Waals surface area contributed by atoms with Gasteiger partial charge in [0.1, 0.15) is 6.04 Å². The lowest BCUT2D eigenvalue weighted by molar-refractivity contribution is -0.145. The summed E-state index contributed by atoms with van der Waals surface area (Å²) in [6.45, 7) is 1.95. The number of nitrogens with zero attached hydrogens (tertiary/aromatic N) is 2. The Morgan fingerprint density at radius 3 is 2.50 bits per heavy atom. The number of carboxylic acids is 2. The number of aryl methyl sites for hydroxylation is 2. The maximum atomic E-state index is 11.5. The number of hydrogen-bond donors (Lipinski definition) is 4. The van der Waals surface area contributed by atoms with Gasteiger partial charge in [-0.15, -0.1) is 0 Å². The average molecular weight is 284 g/mol. The van der Waals surface area contributed by atoms with Crippen LogP contribution < -0.4 is 10.6 Å². The Morgan fingerprint density at radius 2 is 2.05 bits per heavy atom. The Morgan fingerprint density at radius 1 is 1.40 bits per heavy atom. The molecule has 0 aliphatic heterocycles. The number of carbonyl (C=O) groups excluding carboxylic acids is 1. The zero-order valence-electron chi connectivity index (χ0n) is 11.1. The Balaban J connectivity index is 2.52. The van der Waals surface area contributed by atoms with E-state index in [2.05, 4.69) is 15.7 Å². The van der Waals surface area contributed by atoms with Crippen LogP contribution in [0.3, 0.4) is 0 Å². The van der Waals surface area contributed by atoms with Crippen molar-refractivity contribution >= 4 is 18.0 Å². The smallest absolute Gasteiger partial charge is 0.326 e. The van der Waals surface area contributed by atoms with E-state index in [1.165, 1.54) is 0 Å². The third-order valence-electron chi connectivity index (χ3n) is 2.54. The van der Waals surface area contributed by atoms with E-state index in [1.807, 2.05) is 0 Å². The molecule has 0 spiro atoms. The van der Waals surface area contributed by atoms with Crippen LogP contribution in [-0.2, 0) is 23.2 Å². The van der Waals surface area contributed by atoms with E-state index in [9.17, 15) is 14.4 Å². The summed E-state index contributed by atoms with van der Waals surface area (Å²) in [5.41, 5.74) is 1.53. The van der Waals surface area contributed by atoms with Gasteiger partial charge in [0.25, 0.3) is 0 Å². The van der Waals surface area contributed by atoms with Crippen molar-refractivity contribution in [2.75, 3.05) is 0 Å². The second-order valence-corrected chi connectivity index (χ2v) is 4.23. The number of rotatable bonds is 6. The van der Waals surface area contributed by atoms with Gasteiger partial charge in [0.2, 0.25) is 0 Å². The molecule has 0 aliphatic rings. The number of urea groups is 1. The molecular formula is C11H16N4O5. The van der Waals surface area contributed by atoms with Crippen LogP contribution in [0.4, 0.5) is 4.79 Å². The van der Waals surface area contributed by atoms with E-state index < -0.39 is 30.4 Å². The van der Waals surface area contributed by atoms with E-state index in [4.69, 9.17) is 10.2 Å². The fourth-order valence-corrected chi connectivity index (χ4v) is 1.58. The highest BCUT2D eigenvalue weighted by Gasteiger charge is 2.22. The van der Waals surface area contributed by atoms with Gasteiger partial charge in [0, 0.05) is 25.4 Å². The summed E-state index contributed by atoms with van der Waals surface area (Å²) in [6.07, 6.45) is 1.04. The summed E-state index contributed by atoms with van der Waals surface area (Å²) in [5, 5.41) is 26.0. The van der Waals surface area contributed by atoms with Crippen molar-refractivity contribution in [1.29, 1.82) is 0 Å². The van der Waals surface area contributed by atoms with Crippen LogP contribution in [0.2, 0.25) is 0 Å². The van der Waals surface area contributed by atoms with Gasteiger partial charge in [-0.2, -0.15) is 5.10 Å². The second kappa shape index (κ2) is 6.55. The zero-order valence-corrected chi connectivity index (χ0v) is 11.1. The van der Waals surface area contributed by atoms with Crippen molar-refractivity contribution in [3.63, 3.8) is 0 Å². The molecule has 1 aromatic heterocycles. The van der Waals surface area contributed by atoms with E-state index in [0.717, 1.165) is 11.3 Å². The van der Waals surface area contributed by atoms with E-state index in [0.29, 0.717) is 0 Å². The first-order chi connectivity index (χ1) is 9.29. The molecule has 110 valence electrons. The maximum Gasteiger partial charge on any atom is 0.326 e. The fourth-order valence-electron chi connectivity index (χ4n) is 1.58. The molecule has 0 radical (unpaired) electrons. The topological polar surface area (TPSA) is 134 Å². The monoisotopic (exact) mass is 284 g/mol. The standard InChI is InChI=1S/C11H16N4O5/c1-6-7(5-15(2)14-6)4-12-11(20)13-8(10(18)19)3-9(16)17/h5,8H,3-4H2,1-2H3,(H,16,17)(H,18,19)(H2,12,13,20)/t8-/m0/s1. The van der Waals surface area contributed by atoms with Crippen LogP contribution in [0.15, 0.2) is 6.20 Å². The van der Waals surface area contributed by atoms with Crippen molar-refractivity contribution in [1.82, 2.24) is 20.4 Å². The molecule has 0 aliphatic carbocycles. The highest BCUT2D eigenvalue weighted by atomic mass is 16.4. The molecule has 0 fully saturated rings. The number of hydrogen-bond acceptors (Lipinski definition) is 4. The van der Waals surface area contributed by atoms with Crippen molar-refractivity contribution in [2.24, 2.45) is 7.05 Å². The van der Waals surface area contributed by atoms with E-state index in [1.54, 1.807) is 24.9 Å². The molecule has 2 amide bonds. The number of aromatic nitrogens is 2. The second-order valence-electron chi connectivity index (χ2n) is 4.23. The van der Waals surface area contributed by atoms with Gasteiger partial charge in [-0.3, -0.25) is 9.48 Å². The molecule has 1 rings (SSSR count). The van der Waals surface area contributed by atoms with Gasteiger partial charge in [0.05, 0.1) is 12.1 Å². The maximum absolute atomic E-state index is 11.5. The average Bonchev–Trinajstić information content (AvgIpc) is 2.63. The Bertz CT molecular complexity index is 525. The molecular weight excluding hydrogens is 268 g/mol. The fraction of sp³-hybridized carbons (Fsp3) is 0.455. The first-order valence-corrected chi connectivity index (χ1v) is 5.77. The van der Waals surface area contributed by atoms with Crippen molar-refractivity contribution in [2.45, 2.75) is 25.9 Å². The third kappa shape index (κ3) is 4.59. The number of carbonyl (C=O) groups is 3. The van der Waals surface area contributed by atoms with Crippen molar-refractivity contribution < 1.29 is 24.6 Å². The first kappa shape index (κ1) is 15.5. The Labute approximate surface area is 114 Å². The molecule has 4 N–H and O–H groups in total. The van der Waals surface area contributed by atoms with Crippen LogP contribution in [-0.4, -0.2) is 44.0 Å². The molecule has 1 aromatic rings. The van der Waals surface area contributed by atoms with Crippen LogP contribution in [0, 0.1) is 6.92 Å². The van der Waals surface area contributed by atoms with Gasteiger partial charge >= 0.3 is 18.0 Å². The molecule has 9 nitrogen and oxygen atoms in total. The molecule has 1 heterocycles. The van der Waals surface area contributed by atoms with Crippen LogP contribution in [0.5, 0.6) is 0 Å². The van der Waals surface area contributed by atoms with Gasteiger partial charge < -0.3 is 20.8 Å². The van der Waals surface area contributed by atoms with E-state index >= 15 is 0 Å². The normalized spacial score (nSPS) is 11.7. The molecule has 0 saturated heterocycles. The summed E-state index contributed by atoms with van der Waals surface area (Å²) in [5.74, 6) is -2.71. The number of amides is 2. The molecule has 0 saturated carbocycles. The SMILES string of the molecule is Cc1nn(C)cc1CNC(=O)N[C@@H](CC(=O)O)C(=O)O. The van der Waals surface area contributed by atoms with E-state index in [-0.39, 0.29) is 6.54 Å². The van der Waals surface area contributed by atoms with Crippen molar-refractivity contribution in [3.8, 4) is 0 Å². The summed E-state index contributed by atoms with van der Waals surface area (Å²) in [6, 6.07) is -2.22. The lowest BCUT2D eigenvalue weighted by Gasteiger charge is -2.13. The number of aliphatic carboxylic acids is 2. The summed E-state index contributed by atoms with van der Waals surface area (Å²) in [7, 11) is 1.74. The molecule has 0 unspecified atom stereocenters. The molecule has 9 heteroatoms. The molecule has 0 bridgehead atoms. The minimum atomic E-state index is -1.47. The minimum Gasteiger partial charge on any atom is -0.481 e. The van der Waals surface area contributed by atoms with Gasteiger partial charge in [-0.1, -0.05) is 0 Å². The third-order valence-corrected chi connectivity index (χ3v) is 2.54. The van der Waals surface area contributed by atoms with Crippen LogP contribution >= 0.6 is 0 Å². The summed E-state index contributed by atoms with van der Waals surface area (Å²) < 4.78 is 1.59. The predicted molar refractivity (Wildman–Crippen MR) is 67.0 cm³/mol. The predicted octanol–water partition coefficient (Wildman–Crippen LogP) is -0.544.